The second-order valence-corrected chi connectivity index (χ2v) is 7.17. The third kappa shape index (κ3) is 5.13. The molecule has 0 aromatic rings. The van der Waals surface area contributed by atoms with Gasteiger partial charge in [0.05, 0.1) is 12.6 Å². The molecule has 2 amide bonds. The smallest absolute Gasteiger partial charge is 0.317 e. The highest BCUT2D eigenvalue weighted by Gasteiger charge is 2.25. The van der Waals surface area contributed by atoms with Gasteiger partial charge in [-0.1, -0.05) is 19.3 Å². The van der Waals surface area contributed by atoms with Gasteiger partial charge in [-0.2, -0.15) is 0 Å². The summed E-state index contributed by atoms with van der Waals surface area (Å²) in [4.78, 5) is 16.3. The monoisotopic (exact) mass is 311 g/mol. The van der Waals surface area contributed by atoms with E-state index >= 15 is 0 Å². The summed E-state index contributed by atoms with van der Waals surface area (Å²) in [6.07, 6.45) is 9.13. The molecule has 128 valence electrons. The molecule has 2 N–H and O–H groups in total. The van der Waals surface area contributed by atoms with E-state index in [0.29, 0.717) is 0 Å². The molecule has 0 spiro atoms. The number of aliphatic hydroxyl groups is 1. The Morgan fingerprint density at radius 3 is 2.45 bits per heavy atom. The second kappa shape index (κ2) is 8.73. The minimum absolute atomic E-state index is 0.00372. The van der Waals surface area contributed by atoms with Gasteiger partial charge in [0.2, 0.25) is 0 Å². The molecule has 0 aromatic carbocycles. The molecule has 1 aliphatic heterocycles. The largest absolute Gasteiger partial charge is 0.394 e. The molecule has 0 bridgehead atoms. The molecular formula is C17H33N3O2. The predicted molar refractivity (Wildman–Crippen MR) is 88.9 cm³/mol. The summed E-state index contributed by atoms with van der Waals surface area (Å²) in [7, 11) is 1.74. The van der Waals surface area contributed by atoms with Gasteiger partial charge in [-0.05, 0) is 38.5 Å². The highest BCUT2D eigenvalue weighted by molar-refractivity contribution is 5.74. The number of nitrogens with zero attached hydrogens (tertiary/aromatic N) is 2. The summed E-state index contributed by atoms with van der Waals surface area (Å²) in [5.41, 5.74) is 0. The number of aliphatic hydroxyl groups excluding tert-OH is 1. The Morgan fingerprint density at radius 1 is 1.23 bits per heavy atom. The Morgan fingerprint density at radius 2 is 1.86 bits per heavy atom. The highest BCUT2D eigenvalue weighted by atomic mass is 16.3. The van der Waals surface area contributed by atoms with Gasteiger partial charge in [-0.15, -0.1) is 0 Å². The summed E-state index contributed by atoms with van der Waals surface area (Å²) in [5.74, 6) is 0.899. The van der Waals surface area contributed by atoms with E-state index < -0.39 is 0 Å². The molecule has 22 heavy (non-hydrogen) atoms. The van der Waals surface area contributed by atoms with Crippen LogP contribution in [-0.2, 0) is 0 Å². The molecule has 1 heterocycles. The van der Waals surface area contributed by atoms with E-state index in [9.17, 15) is 4.79 Å². The van der Waals surface area contributed by atoms with Crippen LogP contribution in [0.15, 0.2) is 0 Å². The van der Waals surface area contributed by atoms with Gasteiger partial charge in [0.15, 0.2) is 0 Å². The average molecular weight is 311 g/mol. The van der Waals surface area contributed by atoms with Gasteiger partial charge in [-0.3, -0.25) is 0 Å². The third-order valence-corrected chi connectivity index (χ3v) is 5.40. The zero-order valence-corrected chi connectivity index (χ0v) is 14.3. The summed E-state index contributed by atoms with van der Waals surface area (Å²) in [5, 5.41) is 12.2. The predicted octanol–water partition coefficient (Wildman–Crippen LogP) is 2.05. The van der Waals surface area contributed by atoms with Crippen molar-refractivity contribution >= 4 is 6.03 Å². The lowest BCUT2D eigenvalue weighted by Crippen LogP contribution is -2.51. The topological polar surface area (TPSA) is 55.8 Å². The van der Waals surface area contributed by atoms with Crippen molar-refractivity contribution in [2.75, 3.05) is 33.3 Å². The number of hydrogen-bond donors (Lipinski definition) is 2. The number of urea groups is 1. The number of carbonyl (C=O) groups excluding carboxylic acids is 1. The third-order valence-electron chi connectivity index (χ3n) is 5.40. The quantitative estimate of drug-likeness (QED) is 0.817. The van der Waals surface area contributed by atoms with E-state index in [4.69, 9.17) is 5.11 Å². The van der Waals surface area contributed by atoms with Crippen LogP contribution in [0, 0.1) is 5.92 Å². The molecule has 5 heteroatoms. The van der Waals surface area contributed by atoms with Crippen LogP contribution in [0.5, 0.6) is 0 Å². The van der Waals surface area contributed by atoms with Gasteiger partial charge in [0, 0.05) is 32.7 Å². The van der Waals surface area contributed by atoms with Crippen LogP contribution in [0.4, 0.5) is 4.79 Å². The molecule has 1 saturated carbocycles. The van der Waals surface area contributed by atoms with Crippen molar-refractivity contribution in [3.8, 4) is 0 Å². The summed E-state index contributed by atoms with van der Waals surface area (Å²) in [6, 6.07) is 0.0853. The number of nitrogens with one attached hydrogen (secondary N) is 1. The molecule has 2 rings (SSSR count). The fourth-order valence-corrected chi connectivity index (χ4v) is 3.59. The molecular weight excluding hydrogens is 278 g/mol. The maximum atomic E-state index is 12.1. The zero-order chi connectivity index (χ0) is 15.9. The Hall–Kier alpha value is -0.810. The summed E-state index contributed by atoms with van der Waals surface area (Å²) in [6.45, 7) is 5.31. The number of carbonyl (C=O) groups is 1. The first-order chi connectivity index (χ1) is 10.6. The lowest BCUT2D eigenvalue weighted by atomic mass is 9.88. The van der Waals surface area contributed by atoms with Crippen LogP contribution < -0.4 is 5.32 Å². The number of hydrogen-bond acceptors (Lipinski definition) is 3. The first-order valence-corrected chi connectivity index (χ1v) is 8.96. The first kappa shape index (κ1) is 17.5. The molecule has 0 unspecified atom stereocenters. The fraction of sp³-hybridized carbons (Fsp3) is 0.941. The minimum atomic E-state index is -0.133. The van der Waals surface area contributed by atoms with Crippen molar-refractivity contribution in [3.05, 3.63) is 0 Å². The van der Waals surface area contributed by atoms with Gasteiger partial charge < -0.3 is 20.2 Å². The van der Waals surface area contributed by atoms with Crippen molar-refractivity contribution in [1.82, 2.24) is 15.1 Å². The van der Waals surface area contributed by atoms with Crippen LogP contribution in [0.3, 0.4) is 0 Å². The van der Waals surface area contributed by atoms with Crippen LogP contribution in [0.2, 0.25) is 0 Å². The van der Waals surface area contributed by atoms with Crippen LogP contribution in [0.1, 0.15) is 51.9 Å². The molecule has 1 aliphatic carbocycles. The van der Waals surface area contributed by atoms with Crippen LogP contribution in [0.25, 0.3) is 0 Å². The molecule has 5 nitrogen and oxygen atoms in total. The average Bonchev–Trinajstić information content (AvgIpc) is 2.56. The highest BCUT2D eigenvalue weighted by Crippen LogP contribution is 2.25. The Labute approximate surface area is 135 Å². The SMILES string of the molecule is C[C@H](CO)N(C)C(=O)NC1CCN(CC2CCCCC2)CC1. The van der Waals surface area contributed by atoms with Crippen molar-refractivity contribution in [3.63, 3.8) is 0 Å². The Balaban J connectivity index is 1.67. The van der Waals surface area contributed by atoms with Crippen molar-refractivity contribution in [1.29, 1.82) is 0 Å². The van der Waals surface area contributed by atoms with E-state index in [0.717, 1.165) is 31.8 Å². The second-order valence-electron chi connectivity index (χ2n) is 7.17. The van der Waals surface area contributed by atoms with E-state index in [1.165, 1.54) is 38.6 Å². The zero-order valence-electron chi connectivity index (χ0n) is 14.3. The first-order valence-electron chi connectivity index (χ1n) is 8.96. The van der Waals surface area contributed by atoms with Crippen LogP contribution in [-0.4, -0.2) is 66.3 Å². The normalized spacial score (nSPS) is 23.2. The molecule has 0 aromatic heterocycles. The summed E-state index contributed by atoms with van der Waals surface area (Å²) >= 11 is 0. The van der Waals surface area contributed by atoms with Crippen molar-refractivity contribution in [2.24, 2.45) is 5.92 Å². The number of piperidine rings is 1. The lowest BCUT2D eigenvalue weighted by molar-refractivity contribution is 0.137. The molecule has 2 aliphatic rings. The molecule has 1 saturated heterocycles. The van der Waals surface area contributed by atoms with Gasteiger partial charge in [0.25, 0.3) is 0 Å². The Bertz CT molecular complexity index is 337. The van der Waals surface area contributed by atoms with Gasteiger partial charge in [0.1, 0.15) is 0 Å². The maximum absolute atomic E-state index is 12.1. The van der Waals surface area contributed by atoms with Crippen LogP contribution >= 0.6 is 0 Å². The van der Waals surface area contributed by atoms with Crippen molar-refractivity contribution < 1.29 is 9.90 Å². The fourth-order valence-electron chi connectivity index (χ4n) is 3.59. The number of amides is 2. The molecule has 2 fully saturated rings. The van der Waals surface area contributed by atoms with E-state index in [2.05, 4.69) is 10.2 Å². The minimum Gasteiger partial charge on any atom is -0.394 e. The maximum Gasteiger partial charge on any atom is 0.317 e. The van der Waals surface area contributed by atoms with E-state index in [-0.39, 0.29) is 24.7 Å². The summed E-state index contributed by atoms with van der Waals surface area (Å²) < 4.78 is 0. The molecule has 1 atom stereocenters. The van der Waals surface area contributed by atoms with Gasteiger partial charge in [-0.25, -0.2) is 4.79 Å². The van der Waals surface area contributed by atoms with E-state index in [1.54, 1.807) is 11.9 Å². The van der Waals surface area contributed by atoms with Crippen molar-refractivity contribution in [2.45, 2.75) is 64.0 Å². The Kier molecular flexibility index (Phi) is 6.96. The number of likely N-dealkylation sites (tertiary alicyclic amines) is 1. The van der Waals surface area contributed by atoms with Gasteiger partial charge >= 0.3 is 6.03 Å². The number of rotatable bonds is 5. The number of likely N-dealkylation sites (N-methyl/N-ethyl adjacent to an activating group) is 1. The molecule has 0 radical (unpaired) electrons. The lowest BCUT2D eigenvalue weighted by Gasteiger charge is -2.36. The van der Waals surface area contributed by atoms with E-state index in [1.807, 2.05) is 6.92 Å². The standard InChI is InChI=1S/C17H33N3O2/c1-14(13-21)19(2)17(22)18-16-8-10-20(11-9-16)12-15-6-4-3-5-7-15/h14-16,21H,3-13H2,1-2H3,(H,18,22)/t14-/m1/s1.